The SMILES string of the molecule is O=C(O)c1ccc(-c2cccs2)n2nc(-c3ccccc3F)nc12. The molecule has 0 fully saturated rings. The zero-order valence-corrected chi connectivity index (χ0v) is 13.0. The first kappa shape index (κ1) is 14.5. The van der Waals surface area contributed by atoms with E-state index in [0.29, 0.717) is 5.69 Å². The van der Waals surface area contributed by atoms with Gasteiger partial charge in [-0.05, 0) is 35.7 Å². The van der Waals surface area contributed by atoms with E-state index in [1.807, 2.05) is 17.5 Å². The molecule has 118 valence electrons. The molecular weight excluding hydrogens is 329 g/mol. The summed E-state index contributed by atoms with van der Waals surface area (Å²) < 4.78 is 15.5. The van der Waals surface area contributed by atoms with Crippen LogP contribution in [0.25, 0.3) is 27.6 Å². The van der Waals surface area contributed by atoms with E-state index in [1.54, 1.807) is 24.3 Å². The lowest BCUT2D eigenvalue weighted by atomic mass is 10.2. The van der Waals surface area contributed by atoms with Gasteiger partial charge in [0.2, 0.25) is 0 Å². The van der Waals surface area contributed by atoms with Crippen LogP contribution in [-0.4, -0.2) is 25.7 Å². The first-order valence-corrected chi connectivity index (χ1v) is 7.95. The van der Waals surface area contributed by atoms with Crippen molar-refractivity contribution in [2.45, 2.75) is 0 Å². The maximum Gasteiger partial charge on any atom is 0.339 e. The molecule has 1 aromatic carbocycles. The Morgan fingerprint density at radius 1 is 1.12 bits per heavy atom. The fraction of sp³-hybridized carbons (Fsp3) is 0. The van der Waals surface area contributed by atoms with Gasteiger partial charge in [0.05, 0.1) is 16.1 Å². The van der Waals surface area contributed by atoms with E-state index in [-0.39, 0.29) is 22.6 Å². The van der Waals surface area contributed by atoms with E-state index in [1.165, 1.54) is 28.0 Å². The number of rotatable bonds is 3. The Morgan fingerprint density at radius 2 is 1.96 bits per heavy atom. The predicted molar refractivity (Wildman–Crippen MR) is 88.7 cm³/mol. The van der Waals surface area contributed by atoms with Gasteiger partial charge < -0.3 is 5.11 Å². The molecule has 5 nitrogen and oxygen atoms in total. The van der Waals surface area contributed by atoms with E-state index in [0.717, 1.165) is 4.88 Å². The zero-order valence-electron chi connectivity index (χ0n) is 12.2. The molecule has 0 aliphatic carbocycles. The average molecular weight is 339 g/mol. The van der Waals surface area contributed by atoms with Crippen LogP contribution in [0.15, 0.2) is 53.9 Å². The minimum Gasteiger partial charge on any atom is -0.478 e. The second kappa shape index (κ2) is 5.54. The van der Waals surface area contributed by atoms with Crippen molar-refractivity contribution in [2.24, 2.45) is 0 Å². The molecule has 0 amide bonds. The van der Waals surface area contributed by atoms with E-state index in [4.69, 9.17) is 0 Å². The number of aromatic nitrogens is 3. The Balaban J connectivity index is 2.03. The highest BCUT2D eigenvalue weighted by atomic mass is 32.1. The van der Waals surface area contributed by atoms with Gasteiger partial charge in [-0.3, -0.25) is 0 Å². The summed E-state index contributed by atoms with van der Waals surface area (Å²) >= 11 is 1.50. The van der Waals surface area contributed by atoms with Crippen LogP contribution in [0, 0.1) is 5.82 Å². The van der Waals surface area contributed by atoms with Gasteiger partial charge in [0.15, 0.2) is 11.5 Å². The van der Waals surface area contributed by atoms with Crippen LogP contribution in [0.5, 0.6) is 0 Å². The highest BCUT2D eigenvalue weighted by Gasteiger charge is 2.19. The Morgan fingerprint density at radius 3 is 2.67 bits per heavy atom. The summed E-state index contributed by atoms with van der Waals surface area (Å²) in [7, 11) is 0. The van der Waals surface area contributed by atoms with Crippen LogP contribution < -0.4 is 0 Å². The number of carboxylic acids is 1. The predicted octanol–water partition coefficient (Wildman–Crippen LogP) is 3.96. The maximum atomic E-state index is 14.0. The standard InChI is InChI=1S/C17H10FN3O2S/c18-12-5-2-1-4-10(12)15-19-16-11(17(22)23)7-8-13(21(16)20-15)14-6-3-9-24-14/h1-9H,(H,22,23). The third kappa shape index (κ3) is 2.26. The molecular formula is C17H10FN3O2S. The lowest BCUT2D eigenvalue weighted by Crippen LogP contribution is -2.03. The van der Waals surface area contributed by atoms with Crippen LogP contribution in [0.4, 0.5) is 4.39 Å². The van der Waals surface area contributed by atoms with Crippen LogP contribution in [0.2, 0.25) is 0 Å². The number of pyridine rings is 1. The molecule has 0 aliphatic rings. The summed E-state index contributed by atoms with van der Waals surface area (Å²) in [5.41, 5.74) is 1.15. The van der Waals surface area contributed by atoms with Gasteiger partial charge in [-0.25, -0.2) is 18.7 Å². The summed E-state index contributed by atoms with van der Waals surface area (Å²) in [6.45, 7) is 0. The topological polar surface area (TPSA) is 67.5 Å². The first-order valence-electron chi connectivity index (χ1n) is 7.07. The number of thiophene rings is 1. The molecule has 0 bridgehead atoms. The third-order valence-corrected chi connectivity index (χ3v) is 4.50. The van der Waals surface area contributed by atoms with Crippen LogP contribution >= 0.6 is 11.3 Å². The van der Waals surface area contributed by atoms with Gasteiger partial charge in [0.25, 0.3) is 0 Å². The Labute approximate surface area is 139 Å². The molecule has 4 aromatic rings. The van der Waals surface area contributed by atoms with E-state index in [9.17, 15) is 14.3 Å². The van der Waals surface area contributed by atoms with Gasteiger partial charge >= 0.3 is 5.97 Å². The molecule has 0 saturated carbocycles. The smallest absolute Gasteiger partial charge is 0.339 e. The number of fused-ring (bicyclic) bond motifs is 1. The Bertz CT molecular complexity index is 1060. The zero-order chi connectivity index (χ0) is 16.7. The Kier molecular flexibility index (Phi) is 3.35. The second-order valence-corrected chi connectivity index (χ2v) is 6.01. The minimum atomic E-state index is -1.11. The summed E-state index contributed by atoms with van der Waals surface area (Å²) in [4.78, 5) is 16.7. The molecule has 0 unspecified atom stereocenters. The van der Waals surface area contributed by atoms with E-state index < -0.39 is 11.8 Å². The molecule has 4 rings (SSSR count). The highest BCUT2D eigenvalue weighted by Crippen LogP contribution is 2.28. The number of aromatic carboxylic acids is 1. The fourth-order valence-electron chi connectivity index (χ4n) is 2.50. The van der Waals surface area contributed by atoms with Crippen molar-refractivity contribution in [3.05, 3.63) is 65.3 Å². The van der Waals surface area contributed by atoms with E-state index in [2.05, 4.69) is 10.1 Å². The minimum absolute atomic E-state index is 0.0189. The third-order valence-electron chi connectivity index (χ3n) is 3.60. The summed E-state index contributed by atoms with van der Waals surface area (Å²) in [5, 5.41) is 15.7. The molecule has 3 aromatic heterocycles. The van der Waals surface area contributed by atoms with Crippen molar-refractivity contribution in [2.75, 3.05) is 0 Å². The molecule has 0 atom stereocenters. The molecule has 3 heterocycles. The number of hydrogen-bond acceptors (Lipinski definition) is 4. The average Bonchev–Trinajstić information content (AvgIpc) is 3.23. The molecule has 0 spiro atoms. The van der Waals surface area contributed by atoms with Crippen molar-refractivity contribution >= 4 is 23.0 Å². The first-order chi connectivity index (χ1) is 11.6. The summed E-state index contributed by atoms with van der Waals surface area (Å²) in [6, 6.07) is 13.1. The largest absolute Gasteiger partial charge is 0.478 e. The number of halogens is 1. The highest BCUT2D eigenvalue weighted by molar-refractivity contribution is 7.13. The maximum absolute atomic E-state index is 14.0. The molecule has 1 N–H and O–H groups in total. The van der Waals surface area contributed by atoms with Crippen LogP contribution in [-0.2, 0) is 0 Å². The van der Waals surface area contributed by atoms with Crippen molar-refractivity contribution in [1.29, 1.82) is 0 Å². The van der Waals surface area contributed by atoms with Crippen LogP contribution in [0.3, 0.4) is 0 Å². The molecule has 7 heteroatoms. The lowest BCUT2D eigenvalue weighted by molar-refractivity contribution is 0.0698. The normalized spacial score (nSPS) is 11.0. The monoisotopic (exact) mass is 339 g/mol. The van der Waals surface area contributed by atoms with Crippen molar-refractivity contribution in [3.8, 4) is 22.0 Å². The van der Waals surface area contributed by atoms with E-state index >= 15 is 0 Å². The fourth-order valence-corrected chi connectivity index (χ4v) is 3.23. The molecule has 0 saturated heterocycles. The molecule has 0 aliphatic heterocycles. The van der Waals surface area contributed by atoms with Gasteiger partial charge in [0.1, 0.15) is 11.4 Å². The second-order valence-electron chi connectivity index (χ2n) is 5.07. The van der Waals surface area contributed by atoms with Crippen LogP contribution in [0.1, 0.15) is 10.4 Å². The quantitative estimate of drug-likeness (QED) is 0.613. The summed E-state index contributed by atoms with van der Waals surface area (Å²) in [6.07, 6.45) is 0. The van der Waals surface area contributed by atoms with Crippen molar-refractivity contribution in [1.82, 2.24) is 14.6 Å². The number of carbonyl (C=O) groups is 1. The Hall–Kier alpha value is -3.06. The van der Waals surface area contributed by atoms with Crippen molar-refractivity contribution < 1.29 is 14.3 Å². The van der Waals surface area contributed by atoms with Gasteiger partial charge in [-0.15, -0.1) is 16.4 Å². The number of nitrogens with zero attached hydrogens (tertiary/aromatic N) is 3. The lowest BCUT2D eigenvalue weighted by Gasteiger charge is -2.03. The number of benzene rings is 1. The number of carboxylic acid groups (broad SMARTS) is 1. The van der Waals surface area contributed by atoms with Gasteiger partial charge in [-0.1, -0.05) is 18.2 Å². The van der Waals surface area contributed by atoms with Crippen molar-refractivity contribution in [3.63, 3.8) is 0 Å². The van der Waals surface area contributed by atoms with Gasteiger partial charge in [0, 0.05) is 0 Å². The number of hydrogen-bond donors (Lipinski definition) is 1. The summed E-state index contributed by atoms with van der Waals surface area (Å²) in [5.74, 6) is -1.41. The molecule has 24 heavy (non-hydrogen) atoms. The van der Waals surface area contributed by atoms with Gasteiger partial charge in [-0.2, -0.15) is 0 Å². The molecule has 0 radical (unpaired) electrons.